The van der Waals surface area contributed by atoms with Crippen LogP contribution in [0.15, 0.2) is 12.4 Å². The number of nitrogens with one attached hydrogen (secondary N) is 1. The zero-order valence-corrected chi connectivity index (χ0v) is 13.4. The Morgan fingerprint density at radius 1 is 1.57 bits per heavy atom. The van der Waals surface area contributed by atoms with E-state index in [9.17, 15) is 4.79 Å². The Labute approximate surface area is 127 Å². The molecule has 1 aromatic heterocycles. The van der Waals surface area contributed by atoms with Gasteiger partial charge in [0.2, 0.25) is 0 Å². The SMILES string of the molecule is CCNC1(C(=O)OCC)CCCC1CCn1cc(C)cn1. The maximum atomic E-state index is 12.5. The number of ether oxygens (including phenoxy) is 1. The van der Waals surface area contributed by atoms with Gasteiger partial charge in [0.1, 0.15) is 5.54 Å². The molecule has 2 unspecified atom stereocenters. The molecule has 5 nitrogen and oxygen atoms in total. The number of likely N-dealkylation sites (N-methyl/N-ethyl adjacent to an activating group) is 1. The molecule has 0 amide bonds. The van der Waals surface area contributed by atoms with Crippen molar-refractivity contribution < 1.29 is 9.53 Å². The van der Waals surface area contributed by atoms with Crippen molar-refractivity contribution in [2.45, 2.75) is 58.5 Å². The Hall–Kier alpha value is -1.36. The van der Waals surface area contributed by atoms with E-state index in [0.717, 1.165) is 38.8 Å². The molecule has 2 atom stereocenters. The summed E-state index contributed by atoms with van der Waals surface area (Å²) in [6.07, 6.45) is 7.90. The Bertz CT molecular complexity index is 472. The predicted octanol–water partition coefficient (Wildman–Crippen LogP) is 2.29. The lowest BCUT2D eigenvalue weighted by Gasteiger charge is -2.34. The highest BCUT2D eigenvalue weighted by atomic mass is 16.5. The number of aromatic nitrogens is 2. The highest BCUT2D eigenvalue weighted by molar-refractivity contribution is 5.81. The van der Waals surface area contributed by atoms with Gasteiger partial charge in [0.15, 0.2) is 0 Å². The summed E-state index contributed by atoms with van der Waals surface area (Å²) in [5, 5.41) is 7.76. The van der Waals surface area contributed by atoms with Gasteiger partial charge in [-0.05, 0) is 51.1 Å². The van der Waals surface area contributed by atoms with E-state index < -0.39 is 5.54 Å². The Morgan fingerprint density at radius 3 is 3.00 bits per heavy atom. The quantitative estimate of drug-likeness (QED) is 0.784. The summed E-state index contributed by atoms with van der Waals surface area (Å²) in [6, 6.07) is 0. The van der Waals surface area contributed by atoms with Crippen LogP contribution in [0.3, 0.4) is 0 Å². The van der Waals surface area contributed by atoms with Gasteiger partial charge in [0, 0.05) is 12.7 Å². The molecule has 0 saturated heterocycles. The zero-order chi connectivity index (χ0) is 15.3. The molecule has 118 valence electrons. The second kappa shape index (κ2) is 7.07. The van der Waals surface area contributed by atoms with Crippen LogP contribution in [0.1, 0.15) is 45.1 Å². The second-order valence-electron chi connectivity index (χ2n) is 5.88. The van der Waals surface area contributed by atoms with Crippen LogP contribution in [0.5, 0.6) is 0 Å². The van der Waals surface area contributed by atoms with Gasteiger partial charge in [-0.3, -0.25) is 9.48 Å². The summed E-state index contributed by atoms with van der Waals surface area (Å²) < 4.78 is 7.31. The van der Waals surface area contributed by atoms with Crippen molar-refractivity contribution in [1.82, 2.24) is 15.1 Å². The Morgan fingerprint density at radius 2 is 2.38 bits per heavy atom. The first kappa shape index (κ1) is 16.0. The van der Waals surface area contributed by atoms with Gasteiger partial charge in [-0.25, -0.2) is 0 Å². The monoisotopic (exact) mass is 293 g/mol. The van der Waals surface area contributed by atoms with E-state index in [-0.39, 0.29) is 5.97 Å². The zero-order valence-electron chi connectivity index (χ0n) is 13.4. The first-order valence-corrected chi connectivity index (χ1v) is 8.03. The molecule has 5 heteroatoms. The van der Waals surface area contributed by atoms with Gasteiger partial charge in [0.05, 0.1) is 12.8 Å². The summed E-state index contributed by atoms with van der Waals surface area (Å²) in [4.78, 5) is 12.5. The summed E-state index contributed by atoms with van der Waals surface area (Å²) in [5.74, 6) is 0.243. The topological polar surface area (TPSA) is 56.1 Å². The molecule has 0 aliphatic heterocycles. The molecule has 0 aromatic carbocycles. The van der Waals surface area contributed by atoms with Crippen LogP contribution in [-0.2, 0) is 16.1 Å². The van der Waals surface area contributed by atoms with E-state index in [0.29, 0.717) is 12.5 Å². The van der Waals surface area contributed by atoms with Crippen molar-refractivity contribution in [3.8, 4) is 0 Å². The van der Waals surface area contributed by atoms with Gasteiger partial charge < -0.3 is 10.1 Å². The molecule has 1 aliphatic rings. The van der Waals surface area contributed by atoms with Crippen LogP contribution >= 0.6 is 0 Å². The average Bonchev–Trinajstić information content (AvgIpc) is 3.04. The third kappa shape index (κ3) is 3.46. The average molecular weight is 293 g/mol. The van der Waals surface area contributed by atoms with Crippen LogP contribution in [0, 0.1) is 12.8 Å². The molecule has 0 radical (unpaired) electrons. The van der Waals surface area contributed by atoms with Crippen LogP contribution in [0.4, 0.5) is 0 Å². The van der Waals surface area contributed by atoms with Crippen LogP contribution in [-0.4, -0.2) is 34.4 Å². The minimum atomic E-state index is -0.493. The maximum Gasteiger partial charge on any atom is 0.326 e. The van der Waals surface area contributed by atoms with Gasteiger partial charge >= 0.3 is 5.97 Å². The van der Waals surface area contributed by atoms with E-state index in [2.05, 4.69) is 10.4 Å². The Kier molecular flexibility index (Phi) is 5.39. The number of carbonyl (C=O) groups excluding carboxylic acids is 1. The molecule has 1 saturated carbocycles. The fraction of sp³-hybridized carbons (Fsp3) is 0.750. The van der Waals surface area contributed by atoms with Crippen LogP contribution in [0.25, 0.3) is 0 Å². The molecule has 1 fully saturated rings. The smallest absolute Gasteiger partial charge is 0.326 e. The fourth-order valence-electron chi connectivity index (χ4n) is 3.49. The number of carbonyl (C=O) groups is 1. The number of hydrogen-bond donors (Lipinski definition) is 1. The van der Waals surface area contributed by atoms with Gasteiger partial charge in [-0.15, -0.1) is 0 Å². The lowest BCUT2D eigenvalue weighted by Crippen LogP contribution is -2.55. The first-order valence-electron chi connectivity index (χ1n) is 8.03. The van der Waals surface area contributed by atoms with Gasteiger partial charge in [0.25, 0.3) is 0 Å². The van der Waals surface area contributed by atoms with E-state index in [1.807, 2.05) is 37.8 Å². The fourth-order valence-corrected chi connectivity index (χ4v) is 3.49. The lowest BCUT2D eigenvalue weighted by molar-refractivity contribution is -0.153. The largest absolute Gasteiger partial charge is 0.465 e. The van der Waals surface area contributed by atoms with Crippen molar-refractivity contribution in [1.29, 1.82) is 0 Å². The summed E-state index contributed by atoms with van der Waals surface area (Å²) in [7, 11) is 0. The lowest BCUT2D eigenvalue weighted by atomic mass is 9.84. The van der Waals surface area contributed by atoms with Gasteiger partial charge in [-0.2, -0.15) is 5.10 Å². The van der Waals surface area contributed by atoms with E-state index in [1.165, 1.54) is 5.56 Å². The molecule has 1 aliphatic carbocycles. The Balaban J connectivity index is 2.06. The predicted molar refractivity (Wildman–Crippen MR) is 82.0 cm³/mol. The number of nitrogens with zero attached hydrogens (tertiary/aromatic N) is 2. The summed E-state index contributed by atoms with van der Waals surface area (Å²) in [5.41, 5.74) is 0.678. The van der Waals surface area contributed by atoms with E-state index in [1.54, 1.807) is 0 Å². The number of rotatable bonds is 7. The molecular weight excluding hydrogens is 266 g/mol. The minimum absolute atomic E-state index is 0.0778. The highest BCUT2D eigenvalue weighted by Gasteiger charge is 2.49. The minimum Gasteiger partial charge on any atom is -0.465 e. The van der Waals surface area contributed by atoms with Crippen molar-refractivity contribution in [2.24, 2.45) is 5.92 Å². The van der Waals surface area contributed by atoms with Crippen molar-refractivity contribution in [3.05, 3.63) is 18.0 Å². The van der Waals surface area contributed by atoms with Gasteiger partial charge in [-0.1, -0.05) is 13.3 Å². The molecule has 1 N–H and O–H groups in total. The van der Waals surface area contributed by atoms with Crippen molar-refractivity contribution >= 4 is 5.97 Å². The molecule has 1 heterocycles. The third-order valence-electron chi connectivity index (χ3n) is 4.42. The van der Waals surface area contributed by atoms with E-state index >= 15 is 0 Å². The first-order chi connectivity index (χ1) is 10.1. The standard InChI is InChI=1S/C16H27N3O2/c1-4-17-16(15(20)21-5-2)9-6-7-14(16)8-10-19-12-13(3)11-18-19/h11-12,14,17H,4-10H2,1-3H3. The molecule has 0 spiro atoms. The summed E-state index contributed by atoms with van der Waals surface area (Å²) in [6.45, 7) is 8.04. The summed E-state index contributed by atoms with van der Waals surface area (Å²) >= 11 is 0. The number of aryl methyl sites for hydroxylation is 2. The van der Waals surface area contributed by atoms with E-state index in [4.69, 9.17) is 4.74 Å². The van der Waals surface area contributed by atoms with Crippen molar-refractivity contribution in [2.75, 3.05) is 13.2 Å². The van der Waals surface area contributed by atoms with Crippen LogP contribution in [0.2, 0.25) is 0 Å². The molecule has 21 heavy (non-hydrogen) atoms. The normalized spacial score (nSPS) is 25.2. The number of hydrogen-bond acceptors (Lipinski definition) is 4. The molecule has 0 bridgehead atoms. The second-order valence-corrected chi connectivity index (χ2v) is 5.88. The highest BCUT2D eigenvalue weighted by Crippen LogP contribution is 2.39. The van der Waals surface area contributed by atoms with Crippen molar-refractivity contribution in [3.63, 3.8) is 0 Å². The maximum absolute atomic E-state index is 12.5. The molecule has 2 rings (SSSR count). The van der Waals surface area contributed by atoms with Crippen LogP contribution < -0.4 is 5.32 Å². The third-order valence-corrected chi connectivity index (χ3v) is 4.42. The number of esters is 1. The molecule has 1 aromatic rings. The molecular formula is C16H27N3O2.